The van der Waals surface area contributed by atoms with Crippen LogP contribution in [0.2, 0.25) is 0 Å². The maximum atomic E-state index is 12.9. The van der Waals surface area contributed by atoms with Crippen LogP contribution in [-0.4, -0.2) is 29.3 Å². The second kappa shape index (κ2) is 6.73. The van der Waals surface area contributed by atoms with Crippen molar-refractivity contribution < 1.29 is 9.59 Å². The van der Waals surface area contributed by atoms with Gasteiger partial charge in [0.15, 0.2) is 0 Å². The van der Waals surface area contributed by atoms with Crippen LogP contribution in [0.1, 0.15) is 44.2 Å². The summed E-state index contributed by atoms with van der Waals surface area (Å²) in [5, 5.41) is 3.00. The second-order valence-corrected chi connectivity index (χ2v) is 7.24. The first kappa shape index (κ1) is 16.0. The molecule has 1 saturated carbocycles. The highest BCUT2D eigenvalue weighted by molar-refractivity contribution is 5.89. The second-order valence-electron chi connectivity index (χ2n) is 7.24. The molecule has 0 unspecified atom stereocenters. The molecule has 124 valence electrons. The monoisotopic (exact) mass is 314 g/mol. The van der Waals surface area contributed by atoms with Gasteiger partial charge in [-0.3, -0.25) is 9.59 Å². The molecule has 1 N–H and O–H groups in total. The summed E-state index contributed by atoms with van der Waals surface area (Å²) in [6, 6.07) is 7.92. The van der Waals surface area contributed by atoms with Crippen molar-refractivity contribution in [2.45, 2.75) is 52.1 Å². The Morgan fingerprint density at radius 2 is 1.91 bits per heavy atom. The van der Waals surface area contributed by atoms with E-state index in [0.29, 0.717) is 18.9 Å². The van der Waals surface area contributed by atoms with E-state index >= 15 is 0 Å². The van der Waals surface area contributed by atoms with Crippen LogP contribution in [0.5, 0.6) is 0 Å². The number of hydrogen-bond donors (Lipinski definition) is 1. The van der Waals surface area contributed by atoms with Crippen molar-refractivity contribution in [1.82, 2.24) is 10.2 Å². The molecular weight excluding hydrogens is 288 g/mol. The summed E-state index contributed by atoms with van der Waals surface area (Å²) in [4.78, 5) is 26.9. The molecule has 23 heavy (non-hydrogen) atoms. The van der Waals surface area contributed by atoms with Crippen LogP contribution in [-0.2, 0) is 22.6 Å². The fraction of sp³-hybridized carbons (Fsp3) is 0.579. The van der Waals surface area contributed by atoms with Crippen LogP contribution in [0.25, 0.3) is 0 Å². The molecule has 1 aromatic rings. The third-order valence-electron chi connectivity index (χ3n) is 4.71. The van der Waals surface area contributed by atoms with E-state index < -0.39 is 0 Å². The Bertz CT molecular complexity index is 593. The Hall–Kier alpha value is -1.84. The van der Waals surface area contributed by atoms with Crippen molar-refractivity contribution in [3.8, 4) is 0 Å². The van der Waals surface area contributed by atoms with Crippen molar-refractivity contribution >= 4 is 11.8 Å². The molecule has 0 spiro atoms. The van der Waals surface area contributed by atoms with Crippen LogP contribution in [0.15, 0.2) is 24.3 Å². The molecule has 4 heteroatoms. The molecule has 4 nitrogen and oxygen atoms in total. The van der Waals surface area contributed by atoms with Gasteiger partial charge in [-0.2, -0.15) is 0 Å². The minimum Gasteiger partial charge on any atom is -0.344 e. The largest absolute Gasteiger partial charge is 0.344 e. The van der Waals surface area contributed by atoms with Gasteiger partial charge in [0.1, 0.15) is 6.04 Å². The molecular formula is C19H26N2O2. The first-order valence-electron chi connectivity index (χ1n) is 8.70. The zero-order valence-corrected chi connectivity index (χ0v) is 14.0. The van der Waals surface area contributed by atoms with Gasteiger partial charge in [0.25, 0.3) is 0 Å². The summed E-state index contributed by atoms with van der Waals surface area (Å²) < 4.78 is 0. The van der Waals surface area contributed by atoms with Crippen LogP contribution in [0.3, 0.4) is 0 Å². The highest BCUT2D eigenvalue weighted by Gasteiger charge is 2.34. The molecule has 2 aliphatic rings. The van der Waals surface area contributed by atoms with E-state index in [-0.39, 0.29) is 23.8 Å². The fourth-order valence-electron chi connectivity index (χ4n) is 3.23. The molecule has 1 aliphatic heterocycles. The predicted molar refractivity (Wildman–Crippen MR) is 89.7 cm³/mol. The maximum absolute atomic E-state index is 12.9. The standard InChI is InChI=1S/C19H26N2O2/c1-13(2)11-17(20-18(22)15-7-8-15)19(23)21-10-9-14-5-3-4-6-16(14)12-21/h3-6,13,15,17H,7-12H2,1-2H3,(H,20,22)/t17-/m1/s1. The van der Waals surface area contributed by atoms with Crippen LogP contribution >= 0.6 is 0 Å². The minimum atomic E-state index is -0.381. The van der Waals surface area contributed by atoms with Gasteiger partial charge in [0.05, 0.1) is 0 Å². The van der Waals surface area contributed by atoms with Gasteiger partial charge >= 0.3 is 0 Å². The fourth-order valence-corrected chi connectivity index (χ4v) is 3.23. The van der Waals surface area contributed by atoms with E-state index in [9.17, 15) is 9.59 Å². The molecule has 1 aromatic carbocycles. The quantitative estimate of drug-likeness (QED) is 0.908. The molecule has 1 aliphatic carbocycles. The van der Waals surface area contributed by atoms with Gasteiger partial charge in [-0.1, -0.05) is 38.1 Å². The van der Waals surface area contributed by atoms with E-state index in [1.54, 1.807) is 0 Å². The summed E-state index contributed by atoms with van der Waals surface area (Å²) in [6.45, 7) is 5.58. The molecule has 1 atom stereocenters. The number of carbonyl (C=O) groups is 2. The van der Waals surface area contributed by atoms with Crippen LogP contribution in [0, 0.1) is 11.8 Å². The van der Waals surface area contributed by atoms with Gasteiger partial charge < -0.3 is 10.2 Å². The normalized spacial score (nSPS) is 18.5. The number of fused-ring (bicyclic) bond motifs is 1. The average Bonchev–Trinajstić information content (AvgIpc) is 3.37. The molecule has 1 fully saturated rings. The highest BCUT2D eigenvalue weighted by Crippen LogP contribution is 2.29. The first-order valence-corrected chi connectivity index (χ1v) is 8.70. The van der Waals surface area contributed by atoms with E-state index in [2.05, 4.69) is 31.3 Å². The van der Waals surface area contributed by atoms with Gasteiger partial charge in [-0.05, 0) is 42.7 Å². The summed E-state index contributed by atoms with van der Waals surface area (Å²) in [5.74, 6) is 0.642. The van der Waals surface area contributed by atoms with Crippen molar-refractivity contribution in [3.63, 3.8) is 0 Å². The summed E-state index contributed by atoms with van der Waals surface area (Å²) in [7, 11) is 0. The van der Waals surface area contributed by atoms with Gasteiger partial charge in [0, 0.05) is 19.0 Å². The average molecular weight is 314 g/mol. The zero-order valence-electron chi connectivity index (χ0n) is 14.0. The number of nitrogens with one attached hydrogen (secondary N) is 1. The molecule has 0 saturated heterocycles. The van der Waals surface area contributed by atoms with E-state index in [4.69, 9.17) is 0 Å². The number of benzene rings is 1. The van der Waals surface area contributed by atoms with Crippen LogP contribution in [0.4, 0.5) is 0 Å². The Labute approximate surface area is 138 Å². The molecule has 1 heterocycles. The lowest BCUT2D eigenvalue weighted by Gasteiger charge is -2.32. The third kappa shape index (κ3) is 3.92. The number of hydrogen-bond acceptors (Lipinski definition) is 2. The Kier molecular flexibility index (Phi) is 4.69. The molecule has 2 amide bonds. The summed E-state index contributed by atoms with van der Waals surface area (Å²) in [6.07, 6.45) is 3.53. The molecule has 3 rings (SSSR count). The number of rotatable bonds is 5. The predicted octanol–water partition coefficient (Wildman–Crippen LogP) is 2.51. The number of amides is 2. The van der Waals surface area contributed by atoms with E-state index in [0.717, 1.165) is 25.8 Å². The number of nitrogens with zero attached hydrogens (tertiary/aromatic N) is 1. The van der Waals surface area contributed by atoms with Crippen molar-refractivity contribution in [2.75, 3.05) is 6.54 Å². The third-order valence-corrected chi connectivity index (χ3v) is 4.71. The Morgan fingerprint density at radius 3 is 2.57 bits per heavy atom. The van der Waals surface area contributed by atoms with Crippen molar-refractivity contribution in [2.24, 2.45) is 11.8 Å². The van der Waals surface area contributed by atoms with Crippen molar-refractivity contribution in [3.05, 3.63) is 35.4 Å². The van der Waals surface area contributed by atoms with Crippen LogP contribution < -0.4 is 5.32 Å². The topological polar surface area (TPSA) is 49.4 Å². The SMILES string of the molecule is CC(C)C[C@@H](NC(=O)C1CC1)C(=O)N1CCc2ccccc2C1. The van der Waals surface area contributed by atoms with E-state index in [1.165, 1.54) is 11.1 Å². The van der Waals surface area contributed by atoms with Gasteiger partial charge in [0.2, 0.25) is 11.8 Å². The lowest BCUT2D eigenvalue weighted by molar-refractivity contribution is -0.138. The summed E-state index contributed by atoms with van der Waals surface area (Å²) in [5.41, 5.74) is 2.56. The first-order chi connectivity index (χ1) is 11.0. The number of carbonyl (C=O) groups excluding carboxylic acids is 2. The lowest BCUT2D eigenvalue weighted by atomic mass is 9.97. The van der Waals surface area contributed by atoms with E-state index in [1.807, 2.05) is 17.0 Å². The lowest BCUT2D eigenvalue weighted by Crippen LogP contribution is -2.50. The maximum Gasteiger partial charge on any atom is 0.245 e. The van der Waals surface area contributed by atoms with Crippen molar-refractivity contribution in [1.29, 1.82) is 0 Å². The van der Waals surface area contributed by atoms with Gasteiger partial charge in [-0.15, -0.1) is 0 Å². The minimum absolute atomic E-state index is 0.0569. The zero-order chi connectivity index (χ0) is 16.4. The van der Waals surface area contributed by atoms with Gasteiger partial charge in [-0.25, -0.2) is 0 Å². The Morgan fingerprint density at radius 1 is 1.22 bits per heavy atom. The molecule has 0 aromatic heterocycles. The molecule has 0 radical (unpaired) electrons. The highest BCUT2D eigenvalue weighted by atomic mass is 16.2. The Balaban J connectivity index is 1.68. The molecule has 0 bridgehead atoms. The summed E-state index contributed by atoms with van der Waals surface area (Å²) >= 11 is 0. The smallest absolute Gasteiger partial charge is 0.245 e.